The van der Waals surface area contributed by atoms with E-state index in [0.717, 1.165) is 11.1 Å². The van der Waals surface area contributed by atoms with E-state index >= 15 is 0 Å². The van der Waals surface area contributed by atoms with Gasteiger partial charge >= 0.3 is 0 Å². The third-order valence-corrected chi connectivity index (χ3v) is 6.21. The lowest BCUT2D eigenvalue weighted by atomic mass is 10.1. The molecule has 5 rings (SSSR count). The maximum atomic E-state index is 13.1. The summed E-state index contributed by atoms with van der Waals surface area (Å²) < 4.78 is 27.7. The number of nitrogens with zero attached hydrogens (tertiary/aromatic N) is 3. The van der Waals surface area contributed by atoms with Crippen LogP contribution in [0.15, 0.2) is 54.6 Å². The molecule has 0 amide bonds. The number of rotatable bonds is 4. The highest BCUT2D eigenvalue weighted by Gasteiger charge is 2.14. The second-order valence-electron chi connectivity index (χ2n) is 7.74. The number of hydrogen-bond donors (Lipinski definition) is 0. The van der Waals surface area contributed by atoms with E-state index in [9.17, 15) is 13.6 Å². The molecule has 7 heteroatoms. The first kappa shape index (κ1) is 22.0. The third-order valence-electron chi connectivity index (χ3n) is 5.13. The zero-order chi connectivity index (χ0) is 22.7. The van der Waals surface area contributed by atoms with Crippen molar-refractivity contribution in [3.8, 4) is 22.5 Å². The molecule has 4 nitrogen and oxygen atoms in total. The first-order chi connectivity index (χ1) is 15.4. The van der Waals surface area contributed by atoms with Crippen LogP contribution in [0.4, 0.5) is 8.78 Å². The quantitative estimate of drug-likeness (QED) is 0.381. The van der Waals surface area contributed by atoms with Gasteiger partial charge in [-0.05, 0) is 87.7 Å². The van der Waals surface area contributed by atoms with Crippen molar-refractivity contribution in [3.05, 3.63) is 81.8 Å². The summed E-state index contributed by atoms with van der Waals surface area (Å²) in [6.45, 7) is 3.69. The van der Waals surface area contributed by atoms with E-state index in [1.54, 1.807) is 28.9 Å². The van der Waals surface area contributed by atoms with Crippen LogP contribution in [0, 0.1) is 18.6 Å². The monoisotopic (exact) mass is 451 g/mol. The number of carbonyl (C=O) groups is 1. The van der Waals surface area contributed by atoms with E-state index in [1.807, 2.05) is 17.4 Å². The lowest BCUT2D eigenvalue weighted by molar-refractivity contribution is -0.117. The molecule has 0 bridgehead atoms. The highest BCUT2D eigenvalue weighted by atomic mass is 32.1. The smallest absolute Gasteiger partial charge is 0.151 e. The summed E-state index contributed by atoms with van der Waals surface area (Å²) in [4.78, 5) is 17.4. The molecular formula is C25H23F2N3OS. The molecule has 1 aliphatic carbocycles. The minimum absolute atomic E-state index is 0.0397. The molecule has 2 aromatic heterocycles. The van der Waals surface area contributed by atoms with Crippen LogP contribution in [0.2, 0.25) is 0 Å². The number of carbonyl (C=O) groups excluding carboxylic acids is 1. The summed E-state index contributed by atoms with van der Waals surface area (Å²) in [5.74, 6) is -0.692. The van der Waals surface area contributed by atoms with Gasteiger partial charge in [-0.15, -0.1) is 11.3 Å². The molecule has 0 unspecified atom stereocenters. The van der Waals surface area contributed by atoms with E-state index in [1.165, 1.54) is 66.0 Å². The Bertz CT molecular complexity index is 1210. The number of fused-ring (bicyclic) bond motifs is 1. The van der Waals surface area contributed by atoms with Crippen LogP contribution < -0.4 is 0 Å². The Labute approximate surface area is 189 Å². The Morgan fingerprint density at radius 3 is 2.22 bits per heavy atom. The van der Waals surface area contributed by atoms with Crippen molar-refractivity contribution in [1.82, 2.24) is 14.8 Å². The molecule has 1 aliphatic rings. The van der Waals surface area contributed by atoms with Crippen LogP contribution in [-0.4, -0.2) is 20.5 Å². The largest absolute Gasteiger partial charge is 0.298 e. The summed E-state index contributed by atoms with van der Waals surface area (Å²) in [6.07, 6.45) is 3.83. The van der Waals surface area contributed by atoms with E-state index < -0.39 is 0 Å². The molecule has 0 atom stereocenters. The van der Waals surface area contributed by atoms with Gasteiger partial charge in [-0.2, -0.15) is 5.10 Å². The van der Waals surface area contributed by atoms with Crippen molar-refractivity contribution in [3.63, 3.8) is 0 Å². The zero-order valence-electron chi connectivity index (χ0n) is 17.9. The molecule has 164 valence electrons. The van der Waals surface area contributed by atoms with Crippen molar-refractivity contribution in [2.75, 3.05) is 0 Å². The highest BCUT2D eigenvalue weighted by Crippen LogP contribution is 2.27. The number of hydrogen-bond acceptors (Lipinski definition) is 4. The SMILES string of the molecule is CC(=O)Cn1nc(-c2ccc(F)cc2)cc1-c1ccc(F)cc1.Cc1nc2c(s1)CCC2. The van der Waals surface area contributed by atoms with Crippen LogP contribution in [0.25, 0.3) is 22.5 Å². The standard InChI is InChI=1S/C18H14F2N2O.C7H9NS/c1-12(23)11-22-18(14-4-8-16(20)9-5-14)10-17(21-22)13-2-6-15(19)7-3-13;1-5-8-6-3-2-4-7(6)9-5/h2-10H,11H2,1H3;2-4H2,1H3. The molecule has 0 fully saturated rings. The van der Waals surface area contributed by atoms with Crippen molar-refractivity contribution in [1.29, 1.82) is 0 Å². The Hall–Kier alpha value is -3.19. The van der Waals surface area contributed by atoms with Gasteiger partial charge in [0.2, 0.25) is 0 Å². The van der Waals surface area contributed by atoms with Crippen LogP contribution in [0.3, 0.4) is 0 Å². The molecular weight excluding hydrogens is 428 g/mol. The third kappa shape index (κ3) is 5.16. The predicted molar refractivity (Wildman–Crippen MR) is 123 cm³/mol. The van der Waals surface area contributed by atoms with Gasteiger partial charge in [-0.25, -0.2) is 13.8 Å². The first-order valence-electron chi connectivity index (χ1n) is 10.4. The number of aryl methyl sites for hydroxylation is 3. The summed E-state index contributed by atoms with van der Waals surface area (Å²) in [7, 11) is 0. The zero-order valence-corrected chi connectivity index (χ0v) is 18.8. The van der Waals surface area contributed by atoms with E-state index in [4.69, 9.17) is 0 Å². The summed E-state index contributed by atoms with van der Waals surface area (Å²) in [6, 6.07) is 13.8. The molecule has 0 saturated heterocycles. The Morgan fingerprint density at radius 1 is 1.00 bits per heavy atom. The lowest BCUT2D eigenvalue weighted by Gasteiger charge is -2.05. The normalized spacial score (nSPS) is 12.2. The topological polar surface area (TPSA) is 47.8 Å². The molecule has 2 aromatic carbocycles. The summed E-state index contributed by atoms with van der Waals surface area (Å²) in [5.41, 5.74) is 4.22. The fourth-order valence-corrected chi connectivity index (χ4v) is 4.71. The van der Waals surface area contributed by atoms with Crippen LogP contribution in [0.1, 0.15) is 28.9 Å². The fraction of sp³-hybridized carbons (Fsp3) is 0.240. The van der Waals surface area contributed by atoms with Gasteiger partial charge < -0.3 is 0 Å². The molecule has 0 radical (unpaired) electrons. The van der Waals surface area contributed by atoms with Crippen LogP contribution >= 0.6 is 11.3 Å². The number of thiazole rings is 1. The van der Waals surface area contributed by atoms with Gasteiger partial charge in [0.05, 0.1) is 28.6 Å². The van der Waals surface area contributed by atoms with Crippen molar-refractivity contribution in [2.45, 2.75) is 39.7 Å². The predicted octanol–water partition coefficient (Wildman–Crippen LogP) is 6.02. The summed E-state index contributed by atoms with van der Waals surface area (Å²) in [5, 5.41) is 5.66. The van der Waals surface area contributed by atoms with E-state index in [-0.39, 0.29) is 24.0 Å². The molecule has 0 aliphatic heterocycles. The van der Waals surface area contributed by atoms with Crippen molar-refractivity contribution >= 4 is 17.1 Å². The van der Waals surface area contributed by atoms with E-state index in [0.29, 0.717) is 11.4 Å². The molecule has 4 aromatic rings. The average Bonchev–Trinajstić information content (AvgIpc) is 3.44. The number of halogens is 2. The van der Waals surface area contributed by atoms with Gasteiger partial charge in [-0.1, -0.05) is 0 Å². The lowest BCUT2D eigenvalue weighted by Crippen LogP contribution is -2.09. The van der Waals surface area contributed by atoms with E-state index in [2.05, 4.69) is 17.0 Å². The molecule has 2 heterocycles. The minimum Gasteiger partial charge on any atom is -0.298 e. The van der Waals surface area contributed by atoms with Crippen LogP contribution in [0.5, 0.6) is 0 Å². The average molecular weight is 452 g/mol. The van der Waals surface area contributed by atoms with Gasteiger partial charge in [0.15, 0.2) is 5.78 Å². The van der Waals surface area contributed by atoms with Gasteiger partial charge in [0.25, 0.3) is 0 Å². The molecule has 0 saturated carbocycles. The maximum Gasteiger partial charge on any atom is 0.151 e. The second kappa shape index (κ2) is 9.53. The number of benzene rings is 2. The number of Topliss-reactive ketones (excluding diaryl/α,β-unsaturated/α-hetero) is 1. The Morgan fingerprint density at radius 2 is 1.62 bits per heavy atom. The Kier molecular flexibility index (Phi) is 6.55. The fourth-order valence-electron chi connectivity index (χ4n) is 3.68. The second-order valence-corrected chi connectivity index (χ2v) is 9.03. The number of ketones is 1. The summed E-state index contributed by atoms with van der Waals surface area (Å²) >= 11 is 1.87. The highest BCUT2D eigenvalue weighted by molar-refractivity contribution is 7.11. The number of aromatic nitrogens is 3. The molecule has 32 heavy (non-hydrogen) atoms. The van der Waals surface area contributed by atoms with Crippen molar-refractivity contribution < 1.29 is 13.6 Å². The molecule has 0 spiro atoms. The maximum absolute atomic E-state index is 13.1. The minimum atomic E-state index is -0.329. The van der Waals surface area contributed by atoms with Crippen molar-refractivity contribution in [2.24, 2.45) is 0 Å². The van der Waals surface area contributed by atoms with Gasteiger partial charge in [-0.3, -0.25) is 9.48 Å². The Balaban J connectivity index is 0.000000225. The van der Waals surface area contributed by atoms with Gasteiger partial charge in [0.1, 0.15) is 11.6 Å². The van der Waals surface area contributed by atoms with Gasteiger partial charge in [0, 0.05) is 16.0 Å². The van der Waals surface area contributed by atoms with Crippen LogP contribution in [-0.2, 0) is 24.2 Å². The molecule has 0 N–H and O–H groups in total. The first-order valence-corrected chi connectivity index (χ1v) is 11.2.